The number of esters is 1. The summed E-state index contributed by atoms with van der Waals surface area (Å²) in [5, 5.41) is 10.2. The molecule has 3 heteroatoms. The molecule has 0 spiro atoms. The van der Waals surface area contributed by atoms with E-state index in [9.17, 15) is 9.90 Å². The van der Waals surface area contributed by atoms with Crippen molar-refractivity contribution in [2.24, 2.45) is 11.8 Å². The average molecular weight is 232 g/mol. The Bertz CT molecular complexity index is 441. The number of aliphatic hydroxyl groups excluding tert-OH is 1. The van der Waals surface area contributed by atoms with Crippen molar-refractivity contribution in [3.05, 3.63) is 35.4 Å². The zero-order valence-corrected chi connectivity index (χ0v) is 9.63. The quantitative estimate of drug-likeness (QED) is 0.694. The van der Waals surface area contributed by atoms with E-state index in [1.54, 1.807) is 0 Å². The molecule has 1 fully saturated rings. The summed E-state index contributed by atoms with van der Waals surface area (Å²) in [6.07, 6.45) is 1.86. The van der Waals surface area contributed by atoms with Crippen molar-refractivity contribution >= 4 is 5.97 Å². The molecule has 2 aliphatic rings. The topological polar surface area (TPSA) is 46.5 Å². The third-order valence-corrected chi connectivity index (χ3v) is 3.99. The third kappa shape index (κ3) is 1.84. The molecule has 3 atom stereocenters. The Balaban J connectivity index is 1.93. The number of rotatable bonds is 0. The van der Waals surface area contributed by atoms with Gasteiger partial charge in [0.1, 0.15) is 0 Å². The number of cyclic esters (lactones) is 1. The van der Waals surface area contributed by atoms with Crippen LogP contribution < -0.4 is 0 Å². The van der Waals surface area contributed by atoms with Gasteiger partial charge in [-0.25, -0.2) is 0 Å². The van der Waals surface area contributed by atoms with Crippen LogP contribution in [0.2, 0.25) is 0 Å². The van der Waals surface area contributed by atoms with E-state index < -0.39 is 6.10 Å². The molecule has 0 saturated carbocycles. The van der Waals surface area contributed by atoms with Crippen LogP contribution >= 0.6 is 0 Å². The summed E-state index contributed by atoms with van der Waals surface area (Å²) in [4.78, 5) is 11.6. The van der Waals surface area contributed by atoms with Gasteiger partial charge in [-0.1, -0.05) is 24.3 Å². The first kappa shape index (κ1) is 10.8. The number of hydrogen-bond acceptors (Lipinski definition) is 3. The van der Waals surface area contributed by atoms with Crippen molar-refractivity contribution in [2.45, 2.75) is 25.4 Å². The molecule has 0 radical (unpaired) electrons. The zero-order chi connectivity index (χ0) is 11.8. The molecule has 90 valence electrons. The fraction of sp³-hybridized carbons (Fsp3) is 0.500. The molecule has 1 heterocycles. The Morgan fingerprint density at radius 3 is 3.00 bits per heavy atom. The number of ether oxygens (including phenoxy) is 1. The molecule has 1 aromatic rings. The van der Waals surface area contributed by atoms with Gasteiger partial charge < -0.3 is 9.84 Å². The van der Waals surface area contributed by atoms with Crippen LogP contribution in [0.1, 0.15) is 30.1 Å². The number of carbonyl (C=O) groups is 1. The van der Waals surface area contributed by atoms with Gasteiger partial charge in [-0.2, -0.15) is 0 Å². The van der Waals surface area contributed by atoms with E-state index in [1.807, 2.05) is 18.2 Å². The van der Waals surface area contributed by atoms with Gasteiger partial charge in [0.15, 0.2) is 0 Å². The SMILES string of the molecule is O=C1OC[C@@H]2CCc3ccccc3[C@H](O)C[C@H]12. The highest BCUT2D eigenvalue weighted by atomic mass is 16.5. The van der Waals surface area contributed by atoms with Crippen molar-refractivity contribution in [2.75, 3.05) is 6.61 Å². The minimum atomic E-state index is -0.537. The Hall–Kier alpha value is -1.35. The summed E-state index contributed by atoms with van der Waals surface area (Å²) in [7, 11) is 0. The lowest BCUT2D eigenvalue weighted by atomic mass is 9.80. The second kappa shape index (κ2) is 4.15. The number of hydrogen-bond donors (Lipinski definition) is 1. The molecule has 3 nitrogen and oxygen atoms in total. The monoisotopic (exact) mass is 232 g/mol. The van der Waals surface area contributed by atoms with E-state index in [0.29, 0.717) is 13.0 Å². The van der Waals surface area contributed by atoms with Crippen LogP contribution in [0.15, 0.2) is 24.3 Å². The van der Waals surface area contributed by atoms with Crippen LogP contribution in [0, 0.1) is 11.8 Å². The first-order valence-corrected chi connectivity index (χ1v) is 6.18. The molecule has 0 aromatic heterocycles. The Kier molecular flexibility index (Phi) is 2.63. The van der Waals surface area contributed by atoms with E-state index in [-0.39, 0.29) is 17.8 Å². The Morgan fingerprint density at radius 2 is 2.12 bits per heavy atom. The lowest BCUT2D eigenvalue weighted by Gasteiger charge is -2.24. The summed E-state index contributed by atoms with van der Waals surface area (Å²) in [6.45, 7) is 0.526. The highest BCUT2D eigenvalue weighted by molar-refractivity contribution is 5.74. The standard InChI is InChI=1S/C14H16O3/c15-13-7-12-10(8-17-14(12)16)6-5-9-3-1-2-4-11(9)13/h1-4,10,12-13,15H,5-8H2/t10-,12-,13+/m0/s1. The number of fused-ring (bicyclic) bond motifs is 2. The van der Waals surface area contributed by atoms with Crippen molar-refractivity contribution in [3.63, 3.8) is 0 Å². The number of carbonyl (C=O) groups excluding carboxylic acids is 1. The predicted molar refractivity (Wildman–Crippen MR) is 62.3 cm³/mol. The van der Waals surface area contributed by atoms with Crippen molar-refractivity contribution in [1.29, 1.82) is 0 Å². The van der Waals surface area contributed by atoms with Crippen LogP contribution in [-0.4, -0.2) is 17.7 Å². The minimum absolute atomic E-state index is 0.113. The van der Waals surface area contributed by atoms with Crippen LogP contribution in [-0.2, 0) is 16.0 Å². The molecule has 3 rings (SSSR count). The van der Waals surface area contributed by atoms with Crippen LogP contribution in [0.25, 0.3) is 0 Å². The van der Waals surface area contributed by atoms with Gasteiger partial charge in [0.25, 0.3) is 0 Å². The van der Waals surface area contributed by atoms with Gasteiger partial charge in [0, 0.05) is 5.92 Å². The summed E-state index contributed by atoms with van der Waals surface area (Å²) in [5.41, 5.74) is 2.18. The van der Waals surface area contributed by atoms with Gasteiger partial charge in [0.05, 0.1) is 18.6 Å². The first-order chi connectivity index (χ1) is 8.25. The third-order valence-electron chi connectivity index (χ3n) is 3.99. The molecule has 1 saturated heterocycles. The summed E-state index contributed by atoms with van der Waals surface area (Å²) in [6, 6.07) is 7.96. The highest BCUT2D eigenvalue weighted by Gasteiger charge is 2.39. The normalized spacial score (nSPS) is 32.1. The maximum atomic E-state index is 11.6. The average Bonchev–Trinajstić information content (AvgIpc) is 2.66. The minimum Gasteiger partial charge on any atom is -0.465 e. The number of aliphatic hydroxyl groups is 1. The van der Waals surface area contributed by atoms with Crippen molar-refractivity contribution < 1.29 is 14.6 Å². The van der Waals surface area contributed by atoms with Crippen molar-refractivity contribution in [3.8, 4) is 0 Å². The summed E-state index contributed by atoms with van der Waals surface area (Å²) < 4.78 is 5.11. The van der Waals surface area contributed by atoms with Gasteiger partial charge in [-0.15, -0.1) is 0 Å². The van der Waals surface area contributed by atoms with Crippen LogP contribution in [0.5, 0.6) is 0 Å². The second-order valence-electron chi connectivity index (χ2n) is 4.99. The molecular weight excluding hydrogens is 216 g/mol. The predicted octanol–water partition coefficient (Wildman–Crippen LogP) is 1.85. The molecule has 1 aromatic carbocycles. The molecule has 0 bridgehead atoms. The van der Waals surface area contributed by atoms with Gasteiger partial charge in [-0.3, -0.25) is 4.79 Å². The Labute approximate surface area is 100 Å². The number of aryl methyl sites for hydroxylation is 1. The highest BCUT2D eigenvalue weighted by Crippen LogP contribution is 2.37. The van der Waals surface area contributed by atoms with Crippen LogP contribution in [0.3, 0.4) is 0 Å². The fourth-order valence-electron chi connectivity index (χ4n) is 2.97. The molecule has 1 aliphatic heterocycles. The van der Waals surface area contributed by atoms with Gasteiger partial charge >= 0.3 is 5.97 Å². The second-order valence-corrected chi connectivity index (χ2v) is 4.99. The molecular formula is C14H16O3. The number of benzene rings is 1. The Morgan fingerprint density at radius 1 is 1.29 bits per heavy atom. The largest absolute Gasteiger partial charge is 0.465 e. The van der Waals surface area contributed by atoms with Gasteiger partial charge in [0.2, 0.25) is 0 Å². The fourth-order valence-corrected chi connectivity index (χ4v) is 2.97. The van der Waals surface area contributed by atoms with E-state index >= 15 is 0 Å². The lowest BCUT2D eigenvalue weighted by molar-refractivity contribution is -0.142. The van der Waals surface area contributed by atoms with E-state index in [2.05, 4.69) is 6.07 Å². The van der Waals surface area contributed by atoms with Crippen LogP contribution in [0.4, 0.5) is 0 Å². The summed E-state index contributed by atoms with van der Waals surface area (Å²) in [5.74, 6) is 0.0392. The molecule has 1 aliphatic carbocycles. The molecule has 0 amide bonds. The maximum Gasteiger partial charge on any atom is 0.309 e. The lowest BCUT2D eigenvalue weighted by Crippen LogP contribution is -2.22. The van der Waals surface area contributed by atoms with Crippen molar-refractivity contribution in [1.82, 2.24) is 0 Å². The van der Waals surface area contributed by atoms with E-state index in [1.165, 1.54) is 5.56 Å². The molecule has 1 N–H and O–H groups in total. The zero-order valence-electron chi connectivity index (χ0n) is 9.63. The molecule has 17 heavy (non-hydrogen) atoms. The first-order valence-electron chi connectivity index (χ1n) is 6.18. The van der Waals surface area contributed by atoms with E-state index in [4.69, 9.17) is 4.74 Å². The smallest absolute Gasteiger partial charge is 0.309 e. The van der Waals surface area contributed by atoms with Gasteiger partial charge in [-0.05, 0) is 30.4 Å². The maximum absolute atomic E-state index is 11.6. The van der Waals surface area contributed by atoms with E-state index in [0.717, 1.165) is 18.4 Å². The molecule has 0 unspecified atom stereocenters. The summed E-state index contributed by atoms with van der Waals surface area (Å²) >= 11 is 0.